The standard InChI is InChI=1S/C26H21F4N3O2S.C2HF3O2/c1-13-31-18-11-15(10-17(26(34)35)25(18)32-13)19-21(27)23(29)20(24(30)22(19)28)16-5-3-2-4-14(16)12-33-6-8-36-9-7-33;3-2(4,5)1(6)7/h2-5,10-11H,6-9,12H2,1H3,(H,31,32)(H,34,35);(H,6,7). The highest BCUT2D eigenvalue weighted by molar-refractivity contribution is 7.99. The van der Waals surface area contributed by atoms with Gasteiger partial charge >= 0.3 is 18.1 Å². The number of nitrogens with one attached hydrogen (secondary N) is 1. The van der Waals surface area contributed by atoms with E-state index in [0.717, 1.165) is 30.7 Å². The number of carboxylic acid groups (broad SMARTS) is 2. The third-order valence-electron chi connectivity index (χ3n) is 6.51. The van der Waals surface area contributed by atoms with E-state index >= 15 is 17.6 Å². The molecule has 4 aromatic rings. The number of H-pyrrole nitrogens is 1. The van der Waals surface area contributed by atoms with Crippen LogP contribution >= 0.6 is 11.8 Å². The van der Waals surface area contributed by atoms with Gasteiger partial charge in [-0.1, -0.05) is 24.3 Å². The van der Waals surface area contributed by atoms with Crippen molar-refractivity contribution in [3.05, 3.63) is 76.6 Å². The molecular formula is C28H22F7N3O4S. The van der Waals surface area contributed by atoms with Crippen molar-refractivity contribution >= 4 is 34.7 Å². The number of hydrogen-bond acceptors (Lipinski definition) is 5. The van der Waals surface area contributed by atoms with E-state index in [4.69, 9.17) is 9.90 Å². The van der Waals surface area contributed by atoms with Gasteiger partial charge in [0.05, 0.1) is 22.2 Å². The van der Waals surface area contributed by atoms with E-state index < -0.39 is 52.5 Å². The van der Waals surface area contributed by atoms with Crippen LogP contribution in [0.5, 0.6) is 0 Å². The molecule has 0 aliphatic carbocycles. The van der Waals surface area contributed by atoms with Crippen molar-refractivity contribution in [2.75, 3.05) is 24.6 Å². The van der Waals surface area contributed by atoms with Gasteiger partial charge in [-0.2, -0.15) is 24.9 Å². The minimum Gasteiger partial charge on any atom is -0.478 e. The minimum absolute atomic E-state index is 0.0703. The number of imidazole rings is 1. The maximum Gasteiger partial charge on any atom is 0.490 e. The number of carboxylic acids is 2. The molecular weight excluding hydrogens is 607 g/mol. The monoisotopic (exact) mass is 629 g/mol. The van der Waals surface area contributed by atoms with Gasteiger partial charge in [0.25, 0.3) is 0 Å². The van der Waals surface area contributed by atoms with Crippen LogP contribution in [0.3, 0.4) is 0 Å². The smallest absolute Gasteiger partial charge is 0.478 e. The fraction of sp³-hybridized carbons (Fsp3) is 0.250. The van der Waals surface area contributed by atoms with E-state index in [1.54, 1.807) is 25.1 Å². The molecule has 0 atom stereocenters. The van der Waals surface area contributed by atoms with Crippen LogP contribution in [-0.4, -0.2) is 67.8 Å². The number of rotatable bonds is 5. The maximum absolute atomic E-state index is 15.5. The van der Waals surface area contributed by atoms with Crippen LogP contribution in [0.1, 0.15) is 21.7 Å². The largest absolute Gasteiger partial charge is 0.490 e. The number of fused-ring (bicyclic) bond motifs is 1. The van der Waals surface area contributed by atoms with Gasteiger partial charge in [-0.25, -0.2) is 32.1 Å². The molecule has 0 spiro atoms. The predicted octanol–water partition coefficient (Wildman–Crippen LogP) is 6.64. The van der Waals surface area contributed by atoms with E-state index in [-0.39, 0.29) is 27.7 Å². The first-order chi connectivity index (χ1) is 20.2. The lowest BCUT2D eigenvalue weighted by Gasteiger charge is -2.27. The third kappa shape index (κ3) is 6.77. The Hall–Kier alpha value is -4.11. The van der Waals surface area contributed by atoms with Crippen LogP contribution < -0.4 is 0 Å². The minimum atomic E-state index is -5.08. The topological polar surface area (TPSA) is 107 Å². The van der Waals surface area contributed by atoms with Gasteiger partial charge in [-0.05, 0) is 35.7 Å². The number of hydrogen-bond donors (Lipinski definition) is 3. The van der Waals surface area contributed by atoms with Gasteiger partial charge in [0.2, 0.25) is 0 Å². The quantitative estimate of drug-likeness (QED) is 0.168. The SMILES string of the molecule is Cc1nc2c(C(=O)O)cc(-c3c(F)c(F)c(-c4ccccc4CN4CCSCC4)c(F)c3F)cc2[nH]1.O=C(O)C(F)(F)F. The molecule has 0 bridgehead atoms. The second kappa shape index (κ2) is 12.6. The predicted molar refractivity (Wildman–Crippen MR) is 145 cm³/mol. The second-order valence-electron chi connectivity index (χ2n) is 9.40. The van der Waals surface area contributed by atoms with Gasteiger partial charge in [-0.15, -0.1) is 0 Å². The summed E-state index contributed by atoms with van der Waals surface area (Å²) in [6.07, 6.45) is -5.08. The summed E-state index contributed by atoms with van der Waals surface area (Å²) in [7, 11) is 0. The molecule has 0 unspecified atom stereocenters. The first kappa shape index (κ1) is 31.8. The molecule has 2 heterocycles. The number of nitrogens with zero attached hydrogens (tertiary/aromatic N) is 2. The van der Waals surface area contributed by atoms with Crippen LogP contribution in [0.4, 0.5) is 30.7 Å². The van der Waals surface area contributed by atoms with E-state index in [0.29, 0.717) is 17.9 Å². The zero-order valence-electron chi connectivity index (χ0n) is 22.2. The molecule has 1 fully saturated rings. The Bertz CT molecular complexity index is 1670. The van der Waals surface area contributed by atoms with Crippen molar-refractivity contribution in [1.82, 2.24) is 14.9 Å². The lowest BCUT2D eigenvalue weighted by Crippen LogP contribution is -2.32. The lowest BCUT2D eigenvalue weighted by molar-refractivity contribution is -0.192. The summed E-state index contributed by atoms with van der Waals surface area (Å²) in [4.78, 5) is 29.7. The average molecular weight is 630 g/mol. The molecule has 7 nitrogen and oxygen atoms in total. The molecule has 5 rings (SSSR count). The average Bonchev–Trinajstić information content (AvgIpc) is 3.33. The number of aryl methyl sites for hydroxylation is 1. The highest BCUT2D eigenvalue weighted by Crippen LogP contribution is 2.39. The molecule has 43 heavy (non-hydrogen) atoms. The first-order valence-electron chi connectivity index (χ1n) is 12.5. The molecule has 1 aromatic heterocycles. The molecule has 0 saturated carbocycles. The summed E-state index contributed by atoms with van der Waals surface area (Å²) in [6.45, 7) is 3.57. The summed E-state index contributed by atoms with van der Waals surface area (Å²) < 4.78 is 93.6. The van der Waals surface area contributed by atoms with Crippen LogP contribution in [0.2, 0.25) is 0 Å². The van der Waals surface area contributed by atoms with Crippen LogP contribution in [-0.2, 0) is 11.3 Å². The third-order valence-corrected chi connectivity index (χ3v) is 7.46. The van der Waals surface area contributed by atoms with Crippen molar-refractivity contribution in [2.24, 2.45) is 0 Å². The molecule has 15 heteroatoms. The Morgan fingerprint density at radius 2 is 1.51 bits per heavy atom. The summed E-state index contributed by atoms with van der Waals surface area (Å²) in [6, 6.07) is 8.59. The molecule has 0 amide bonds. The zero-order valence-corrected chi connectivity index (χ0v) is 23.0. The van der Waals surface area contributed by atoms with Crippen molar-refractivity contribution in [3.63, 3.8) is 0 Å². The number of aliphatic carboxylic acids is 1. The van der Waals surface area contributed by atoms with Gasteiger partial charge in [0, 0.05) is 31.1 Å². The van der Waals surface area contributed by atoms with E-state index in [1.807, 2.05) is 11.8 Å². The van der Waals surface area contributed by atoms with Gasteiger partial charge < -0.3 is 15.2 Å². The Balaban J connectivity index is 0.000000541. The van der Waals surface area contributed by atoms with E-state index in [2.05, 4.69) is 14.9 Å². The van der Waals surface area contributed by atoms with Crippen molar-refractivity contribution < 1.29 is 50.5 Å². The van der Waals surface area contributed by atoms with Crippen LogP contribution in [0, 0.1) is 30.2 Å². The number of aromatic amines is 1. The number of benzene rings is 3. The van der Waals surface area contributed by atoms with E-state index in [9.17, 15) is 23.1 Å². The van der Waals surface area contributed by atoms with Crippen molar-refractivity contribution in [1.29, 1.82) is 0 Å². The van der Waals surface area contributed by atoms with Crippen molar-refractivity contribution in [3.8, 4) is 22.3 Å². The van der Waals surface area contributed by atoms with Crippen LogP contribution in [0.15, 0.2) is 36.4 Å². The summed E-state index contributed by atoms with van der Waals surface area (Å²) in [5.74, 6) is -8.18. The van der Waals surface area contributed by atoms with Gasteiger partial charge in [-0.3, -0.25) is 4.90 Å². The molecule has 1 aliphatic rings. The number of aromatic carboxylic acids is 1. The normalized spacial score (nSPS) is 14.0. The number of alkyl halides is 3. The Kier molecular flexibility index (Phi) is 9.35. The molecule has 228 valence electrons. The number of halogens is 7. The van der Waals surface area contributed by atoms with E-state index in [1.165, 1.54) is 12.1 Å². The van der Waals surface area contributed by atoms with Crippen LogP contribution in [0.25, 0.3) is 33.3 Å². The fourth-order valence-electron chi connectivity index (χ4n) is 4.57. The Morgan fingerprint density at radius 1 is 0.953 bits per heavy atom. The molecule has 3 aromatic carbocycles. The lowest BCUT2D eigenvalue weighted by atomic mass is 9.93. The van der Waals surface area contributed by atoms with Crippen molar-refractivity contribution in [2.45, 2.75) is 19.6 Å². The molecule has 1 aliphatic heterocycles. The zero-order chi connectivity index (χ0) is 31.6. The van der Waals surface area contributed by atoms with Gasteiger partial charge in [0.1, 0.15) is 11.3 Å². The fourth-order valence-corrected chi connectivity index (χ4v) is 5.55. The molecule has 0 radical (unpaired) electrons. The summed E-state index contributed by atoms with van der Waals surface area (Å²) in [5, 5.41) is 16.7. The molecule has 3 N–H and O–H groups in total. The summed E-state index contributed by atoms with van der Waals surface area (Å²) in [5.41, 5.74) is -1.55. The Morgan fingerprint density at radius 3 is 2.07 bits per heavy atom. The number of carbonyl (C=O) groups is 2. The Labute approximate surface area is 243 Å². The highest BCUT2D eigenvalue weighted by Gasteiger charge is 2.38. The highest BCUT2D eigenvalue weighted by atomic mass is 32.2. The number of thioether (sulfide) groups is 1. The van der Waals surface area contributed by atoms with Gasteiger partial charge in [0.15, 0.2) is 23.3 Å². The maximum atomic E-state index is 15.5. The number of aromatic nitrogens is 2. The first-order valence-corrected chi connectivity index (χ1v) is 13.6. The molecule has 1 saturated heterocycles. The second-order valence-corrected chi connectivity index (χ2v) is 10.6. The summed E-state index contributed by atoms with van der Waals surface area (Å²) >= 11 is 1.82.